The summed E-state index contributed by atoms with van der Waals surface area (Å²) in [5, 5.41) is 5.52. The van der Waals surface area contributed by atoms with E-state index in [-0.39, 0.29) is 48.0 Å². The van der Waals surface area contributed by atoms with Gasteiger partial charge in [-0.15, -0.1) is 23.2 Å². The third kappa shape index (κ3) is 7.98. The Bertz CT molecular complexity index is 1110. The molecule has 0 unspecified atom stereocenters. The van der Waals surface area contributed by atoms with Crippen LogP contribution in [0.5, 0.6) is 5.75 Å². The number of hydrogen-bond donors (Lipinski definition) is 2. The summed E-state index contributed by atoms with van der Waals surface area (Å²) in [6, 6.07) is 7.00. The van der Waals surface area contributed by atoms with E-state index in [0.29, 0.717) is 30.6 Å². The quantitative estimate of drug-likeness (QED) is 0.116. The molecule has 0 radical (unpaired) electrons. The molecule has 2 N–H and O–H groups in total. The van der Waals surface area contributed by atoms with E-state index in [1.54, 1.807) is 32.9 Å². The van der Waals surface area contributed by atoms with Crippen LogP contribution in [0.25, 0.3) is 0 Å². The fraction of sp³-hybridized carbons (Fsp3) is 0.481. The van der Waals surface area contributed by atoms with E-state index < -0.39 is 23.0 Å². The first-order valence-corrected chi connectivity index (χ1v) is 13.3. The number of hydrogen-bond acceptors (Lipinski definition) is 8. The summed E-state index contributed by atoms with van der Waals surface area (Å²) in [6.07, 6.45) is -0.146. The minimum absolute atomic E-state index is 0.000991. The number of benzene rings is 1. The lowest BCUT2D eigenvalue weighted by molar-refractivity contribution is -0.136. The SMILES string of the molecule is COC1=C(NCCNC(C)=O)C(=O)C(C(C)(C)CC(=O)Oc2ccc(N(CCCl)CCCl)cc2)=C(C)C1=O. The van der Waals surface area contributed by atoms with Gasteiger partial charge in [-0.25, -0.2) is 0 Å². The van der Waals surface area contributed by atoms with Crippen molar-refractivity contribution in [3.05, 3.63) is 46.9 Å². The average molecular weight is 568 g/mol. The molecule has 0 fully saturated rings. The predicted octanol–water partition coefficient (Wildman–Crippen LogP) is 3.34. The summed E-state index contributed by atoms with van der Waals surface area (Å²) in [5.74, 6) is -0.503. The van der Waals surface area contributed by atoms with Crippen LogP contribution in [0.2, 0.25) is 0 Å². The van der Waals surface area contributed by atoms with Crippen molar-refractivity contribution in [3.63, 3.8) is 0 Å². The van der Waals surface area contributed by atoms with Gasteiger partial charge >= 0.3 is 5.97 Å². The van der Waals surface area contributed by atoms with Crippen molar-refractivity contribution in [2.75, 3.05) is 49.9 Å². The highest BCUT2D eigenvalue weighted by molar-refractivity contribution is 6.24. The molecule has 0 saturated carbocycles. The number of anilines is 1. The van der Waals surface area contributed by atoms with Crippen molar-refractivity contribution in [2.24, 2.45) is 5.41 Å². The van der Waals surface area contributed by atoms with E-state index >= 15 is 0 Å². The summed E-state index contributed by atoms with van der Waals surface area (Å²) >= 11 is 11.7. The van der Waals surface area contributed by atoms with Crippen molar-refractivity contribution in [3.8, 4) is 5.75 Å². The summed E-state index contributed by atoms with van der Waals surface area (Å²) < 4.78 is 10.8. The molecule has 0 atom stereocenters. The molecular weight excluding hydrogens is 533 g/mol. The van der Waals surface area contributed by atoms with Crippen molar-refractivity contribution in [2.45, 2.75) is 34.1 Å². The van der Waals surface area contributed by atoms with Gasteiger partial charge in [-0.1, -0.05) is 13.8 Å². The highest BCUT2D eigenvalue weighted by atomic mass is 35.5. The zero-order chi connectivity index (χ0) is 28.5. The maximum Gasteiger partial charge on any atom is 0.312 e. The maximum absolute atomic E-state index is 13.5. The van der Waals surface area contributed by atoms with Crippen LogP contribution in [0.15, 0.2) is 46.9 Å². The van der Waals surface area contributed by atoms with Crippen LogP contribution < -0.4 is 20.3 Å². The second-order valence-corrected chi connectivity index (χ2v) is 10.1. The molecule has 38 heavy (non-hydrogen) atoms. The molecule has 11 heteroatoms. The van der Waals surface area contributed by atoms with Crippen molar-refractivity contribution in [1.29, 1.82) is 0 Å². The van der Waals surface area contributed by atoms with Crippen molar-refractivity contribution in [1.82, 2.24) is 10.6 Å². The van der Waals surface area contributed by atoms with E-state index in [9.17, 15) is 19.2 Å². The third-order valence-corrected chi connectivity index (χ3v) is 6.35. The van der Waals surface area contributed by atoms with Crippen molar-refractivity contribution >= 4 is 52.3 Å². The lowest BCUT2D eigenvalue weighted by atomic mass is 9.73. The van der Waals surface area contributed by atoms with Gasteiger partial charge in [0.05, 0.1) is 13.5 Å². The zero-order valence-corrected chi connectivity index (χ0v) is 23.9. The van der Waals surface area contributed by atoms with E-state index in [1.807, 2.05) is 17.0 Å². The molecule has 0 saturated heterocycles. The second kappa shape index (κ2) is 14.2. The number of methoxy groups -OCH3 is 1. The van der Waals surface area contributed by atoms with Crippen LogP contribution in [0, 0.1) is 5.41 Å². The van der Waals surface area contributed by atoms with Gasteiger partial charge in [-0.2, -0.15) is 0 Å². The molecule has 2 rings (SSSR count). The normalized spacial score (nSPS) is 14.0. The second-order valence-electron chi connectivity index (χ2n) is 9.37. The molecule has 208 valence electrons. The Kier molecular flexibility index (Phi) is 11.7. The highest BCUT2D eigenvalue weighted by Gasteiger charge is 2.41. The van der Waals surface area contributed by atoms with Gasteiger partial charge in [0, 0.05) is 67.1 Å². The first kappa shape index (κ1) is 31.2. The predicted molar refractivity (Wildman–Crippen MR) is 148 cm³/mol. The van der Waals surface area contributed by atoms with Crippen LogP contribution in [0.4, 0.5) is 5.69 Å². The Morgan fingerprint density at radius 1 is 1.00 bits per heavy atom. The number of Topliss-reactive ketones (excluding diaryl/α,β-unsaturated/α-hetero) is 2. The van der Waals surface area contributed by atoms with Crippen LogP contribution in [0.1, 0.15) is 34.1 Å². The molecule has 9 nitrogen and oxygen atoms in total. The van der Waals surface area contributed by atoms with Crippen LogP contribution in [-0.4, -0.2) is 68.5 Å². The van der Waals surface area contributed by atoms with Crippen LogP contribution >= 0.6 is 23.2 Å². The molecule has 1 aromatic rings. The molecule has 0 aliphatic heterocycles. The average Bonchev–Trinajstić information content (AvgIpc) is 2.84. The molecule has 1 aliphatic carbocycles. The standard InChI is InChI=1S/C27H35Cl2N3O6/c1-17-22(25(36)23(26(37-5)24(17)35)31-13-12-30-18(2)33)27(3,4)16-21(34)38-20-8-6-19(7-9-20)32(14-10-28)15-11-29/h6-9,31H,10-16H2,1-5H3,(H,30,33). The van der Waals surface area contributed by atoms with Crippen molar-refractivity contribution < 1.29 is 28.7 Å². The highest BCUT2D eigenvalue weighted by Crippen LogP contribution is 2.39. The number of nitrogens with zero attached hydrogens (tertiary/aromatic N) is 1. The minimum atomic E-state index is -1.02. The summed E-state index contributed by atoms with van der Waals surface area (Å²) in [6.45, 7) is 8.07. The molecule has 0 spiro atoms. The van der Waals surface area contributed by atoms with Crippen LogP contribution in [0.3, 0.4) is 0 Å². The van der Waals surface area contributed by atoms with E-state index in [4.69, 9.17) is 32.7 Å². The van der Waals surface area contributed by atoms with E-state index in [2.05, 4.69) is 10.6 Å². The van der Waals surface area contributed by atoms with Gasteiger partial charge in [-0.3, -0.25) is 19.2 Å². The summed E-state index contributed by atoms with van der Waals surface area (Å²) in [7, 11) is 1.31. The number of carbonyl (C=O) groups is 4. The number of allylic oxidation sites excluding steroid dienone is 2. The zero-order valence-electron chi connectivity index (χ0n) is 22.4. The Balaban J connectivity index is 2.17. The number of esters is 1. The van der Waals surface area contributed by atoms with Crippen LogP contribution in [-0.2, 0) is 23.9 Å². The smallest absolute Gasteiger partial charge is 0.312 e. The molecule has 1 aliphatic rings. The number of rotatable bonds is 14. The largest absolute Gasteiger partial charge is 0.491 e. The molecule has 0 bridgehead atoms. The first-order chi connectivity index (χ1) is 18.0. The van der Waals surface area contributed by atoms with E-state index in [1.165, 1.54) is 14.0 Å². The Morgan fingerprint density at radius 3 is 2.13 bits per heavy atom. The number of alkyl halides is 2. The lowest BCUT2D eigenvalue weighted by Gasteiger charge is -2.32. The fourth-order valence-electron chi connectivity index (χ4n) is 4.31. The monoisotopic (exact) mass is 567 g/mol. The number of nitrogens with one attached hydrogen (secondary N) is 2. The van der Waals surface area contributed by atoms with Gasteiger partial charge < -0.3 is 25.0 Å². The van der Waals surface area contributed by atoms with Gasteiger partial charge in [0.25, 0.3) is 0 Å². The van der Waals surface area contributed by atoms with Gasteiger partial charge in [0.15, 0.2) is 5.76 Å². The molecule has 1 aromatic carbocycles. The Hall–Kier alpha value is -3.04. The van der Waals surface area contributed by atoms with Gasteiger partial charge in [-0.05, 0) is 31.2 Å². The van der Waals surface area contributed by atoms with Gasteiger partial charge in [0.2, 0.25) is 17.5 Å². The summed E-state index contributed by atoms with van der Waals surface area (Å²) in [5.41, 5.74) is 0.294. The fourth-order valence-corrected chi connectivity index (χ4v) is 4.72. The van der Waals surface area contributed by atoms with E-state index in [0.717, 1.165) is 5.69 Å². The summed E-state index contributed by atoms with van der Waals surface area (Å²) in [4.78, 5) is 52.6. The third-order valence-electron chi connectivity index (χ3n) is 6.01. The maximum atomic E-state index is 13.5. The molecule has 0 heterocycles. The number of ether oxygens (including phenoxy) is 2. The Morgan fingerprint density at radius 2 is 1.61 bits per heavy atom. The lowest BCUT2D eigenvalue weighted by Crippen LogP contribution is -2.39. The topological polar surface area (TPSA) is 114 Å². The number of carbonyl (C=O) groups excluding carboxylic acids is 4. The number of halogens is 2. The first-order valence-electron chi connectivity index (χ1n) is 12.2. The molecule has 0 aromatic heterocycles. The minimum Gasteiger partial charge on any atom is -0.491 e. The molecule has 1 amide bonds. The molecular formula is C27H35Cl2N3O6. The van der Waals surface area contributed by atoms with Gasteiger partial charge in [0.1, 0.15) is 11.4 Å². The number of amides is 1. The number of ketones is 2. The Labute approximate surface area is 233 Å².